The normalized spacial score (nSPS) is 14.9. The van der Waals surface area contributed by atoms with Gasteiger partial charge in [0.15, 0.2) is 0 Å². The average Bonchev–Trinajstić information content (AvgIpc) is 2.12. The van der Waals surface area contributed by atoms with Gasteiger partial charge >= 0.3 is 7.82 Å². The molecule has 0 aliphatic rings. The number of hydrogen-bond acceptors (Lipinski definition) is 3. The maximum absolute atomic E-state index is 11.2. The van der Waals surface area contributed by atoms with Crippen LogP contribution in [0.2, 0.25) is 0 Å². The predicted molar refractivity (Wildman–Crippen MR) is 59.2 cm³/mol. The van der Waals surface area contributed by atoms with E-state index in [1.54, 1.807) is 6.92 Å². The van der Waals surface area contributed by atoms with Gasteiger partial charge in [0.05, 0.1) is 13.2 Å². The highest BCUT2D eigenvalue weighted by molar-refractivity contribution is 7.47. The van der Waals surface area contributed by atoms with E-state index in [0.717, 1.165) is 0 Å². The van der Waals surface area contributed by atoms with E-state index in [1.807, 2.05) is 13.8 Å². The minimum Gasteiger partial charge on any atom is -0.302 e. The second kappa shape index (κ2) is 6.09. The van der Waals surface area contributed by atoms with Crippen molar-refractivity contribution in [1.82, 2.24) is 0 Å². The van der Waals surface area contributed by atoms with Crippen LogP contribution in [0.15, 0.2) is 12.7 Å². The molecule has 0 aromatic carbocycles. The Bertz CT molecular complexity index is 311. The zero-order valence-electron chi connectivity index (χ0n) is 9.32. The van der Waals surface area contributed by atoms with Gasteiger partial charge in [0.1, 0.15) is 0 Å². The number of rotatable bonds is 6. The minimum absolute atomic E-state index is 0.0202. The highest BCUT2D eigenvalue weighted by Gasteiger charge is 2.25. The molecule has 1 N–H and O–H groups in total. The molecule has 0 amide bonds. The Morgan fingerprint density at radius 3 is 2.60 bits per heavy atom. The summed E-state index contributed by atoms with van der Waals surface area (Å²) in [5.74, 6) is 5.60. The molecule has 0 heterocycles. The third-order valence-electron chi connectivity index (χ3n) is 1.41. The van der Waals surface area contributed by atoms with Crippen molar-refractivity contribution in [3.05, 3.63) is 12.7 Å². The molecule has 0 aromatic rings. The summed E-state index contributed by atoms with van der Waals surface area (Å²) in [5, 5.41) is 0. The first-order valence-electron chi connectivity index (χ1n) is 4.50. The van der Waals surface area contributed by atoms with E-state index in [0.29, 0.717) is 0 Å². The predicted octanol–water partition coefficient (Wildman–Crippen LogP) is 2.36. The largest absolute Gasteiger partial charge is 0.472 e. The molecule has 0 aliphatic carbocycles. The molecule has 15 heavy (non-hydrogen) atoms. The molecular formula is C10H17O4P. The van der Waals surface area contributed by atoms with Gasteiger partial charge in [-0.25, -0.2) is 4.57 Å². The zero-order valence-corrected chi connectivity index (χ0v) is 10.2. The zero-order chi connectivity index (χ0) is 11.9. The summed E-state index contributed by atoms with van der Waals surface area (Å²) < 4.78 is 20.6. The van der Waals surface area contributed by atoms with E-state index in [2.05, 4.69) is 22.9 Å². The minimum atomic E-state index is -3.97. The van der Waals surface area contributed by atoms with Gasteiger partial charge in [0, 0.05) is 5.41 Å². The lowest BCUT2D eigenvalue weighted by Gasteiger charge is -2.19. The monoisotopic (exact) mass is 232 g/mol. The Morgan fingerprint density at radius 2 is 2.13 bits per heavy atom. The van der Waals surface area contributed by atoms with Gasteiger partial charge in [-0.3, -0.25) is 9.05 Å². The molecule has 4 nitrogen and oxygen atoms in total. The van der Waals surface area contributed by atoms with Crippen molar-refractivity contribution in [3.63, 3.8) is 0 Å². The summed E-state index contributed by atoms with van der Waals surface area (Å²) in [6.45, 7) is 8.72. The maximum atomic E-state index is 11.2. The van der Waals surface area contributed by atoms with Crippen molar-refractivity contribution < 1.29 is 18.5 Å². The quantitative estimate of drug-likeness (QED) is 0.434. The lowest BCUT2D eigenvalue weighted by atomic mass is 9.96. The lowest BCUT2D eigenvalue weighted by Crippen LogP contribution is -2.16. The Kier molecular flexibility index (Phi) is 5.85. The van der Waals surface area contributed by atoms with Crippen LogP contribution >= 0.6 is 7.82 Å². The summed E-state index contributed by atoms with van der Waals surface area (Å²) in [6, 6.07) is 0. The van der Waals surface area contributed by atoms with Crippen LogP contribution < -0.4 is 0 Å². The van der Waals surface area contributed by atoms with Gasteiger partial charge in [-0.2, -0.15) is 0 Å². The number of phosphoric acid groups is 1. The van der Waals surface area contributed by atoms with Gasteiger partial charge in [0.2, 0.25) is 0 Å². The van der Waals surface area contributed by atoms with E-state index < -0.39 is 13.2 Å². The highest BCUT2D eigenvalue weighted by atomic mass is 31.2. The molecule has 0 spiro atoms. The fraction of sp³-hybridized carbons (Fsp3) is 0.600. The Morgan fingerprint density at radius 1 is 1.53 bits per heavy atom. The molecule has 5 heteroatoms. The van der Waals surface area contributed by atoms with E-state index >= 15 is 0 Å². The van der Waals surface area contributed by atoms with Crippen LogP contribution in [0, 0.1) is 17.3 Å². The lowest BCUT2D eigenvalue weighted by molar-refractivity contribution is 0.131. The summed E-state index contributed by atoms with van der Waals surface area (Å²) in [7, 11) is -3.97. The molecule has 0 saturated carbocycles. The molecule has 0 rings (SSSR count). The first-order chi connectivity index (χ1) is 6.83. The molecule has 0 aliphatic heterocycles. The van der Waals surface area contributed by atoms with E-state index in [4.69, 9.17) is 4.52 Å². The van der Waals surface area contributed by atoms with Crippen LogP contribution in [0.4, 0.5) is 0 Å². The van der Waals surface area contributed by atoms with E-state index in [-0.39, 0.29) is 13.2 Å². The molecule has 1 atom stereocenters. The maximum Gasteiger partial charge on any atom is 0.472 e. The standard InChI is InChI=1S/C10H17O4P/c1-5-7-10(3,4)9-14-15(11,12)13-8-6-2/h6H,2,8-9H2,1,3-4H3,(H,11,12). The Balaban J connectivity index is 4.17. The fourth-order valence-corrected chi connectivity index (χ4v) is 1.66. The van der Waals surface area contributed by atoms with Gasteiger partial charge in [0.25, 0.3) is 0 Å². The van der Waals surface area contributed by atoms with Crippen LogP contribution in [-0.4, -0.2) is 18.1 Å². The summed E-state index contributed by atoms with van der Waals surface area (Å²) >= 11 is 0. The van der Waals surface area contributed by atoms with Crippen LogP contribution in [0.25, 0.3) is 0 Å². The first kappa shape index (κ1) is 14.4. The molecule has 1 unspecified atom stereocenters. The second-order valence-electron chi connectivity index (χ2n) is 3.59. The molecular weight excluding hydrogens is 215 g/mol. The Labute approximate surface area is 90.9 Å². The van der Waals surface area contributed by atoms with Crippen LogP contribution in [0.1, 0.15) is 20.8 Å². The molecule has 0 radical (unpaired) electrons. The summed E-state index contributed by atoms with van der Waals surface area (Å²) in [5.41, 5.74) is -0.468. The summed E-state index contributed by atoms with van der Waals surface area (Å²) in [6.07, 6.45) is 1.38. The third-order valence-corrected chi connectivity index (χ3v) is 2.34. The van der Waals surface area contributed by atoms with Crippen molar-refractivity contribution >= 4 is 7.82 Å². The van der Waals surface area contributed by atoms with Crippen molar-refractivity contribution in [1.29, 1.82) is 0 Å². The molecule has 0 aromatic heterocycles. The smallest absolute Gasteiger partial charge is 0.302 e. The average molecular weight is 232 g/mol. The van der Waals surface area contributed by atoms with E-state index in [1.165, 1.54) is 6.08 Å². The second-order valence-corrected chi connectivity index (χ2v) is 5.04. The fourth-order valence-electron chi connectivity index (χ4n) is 0.802. The first-order valence-corrected chi connectivity index (χ1v) is 5.99. The van der Waals surface area contributed by atoms with Crippen molar-refractivity contribution in [2.75, 3.05) is 13.2 Å². The van der Waals surface area contributed by atoms with Gasteiger partial charge in [-0.05, 0) is 20.8 Å². The SMILES string of the molecule is C=CCOP(=O)(O)OCC(C)(C)C#CC. The van der Waals surface area contributed by atoms with Gasteiger partial charge in [-0.1, -0.05) is 12.0 Å². The molecule has 86 valence electrons. The number of phosphoric ester groups is 1. The topological polar surface area (TPSA) is 55.8 Å². The van der Waals surface area contributed by atoms with Gasteiger partial charge in [-0.15, -0.1) is 12.5 Å². The third kappa shape index (κ3) is 7.35. The Hall–Kier alpha value is -0.590. The van der Waals surface area contributed by atoms with Crippen molar-refractivity contribution in [3.8, 4) is 11.8 Å². The van der Waals surface area contributed by atoms with E-state index in [9.17, 15) is 9.46 Å². The van der Waals surface area contributed by atoms with Crippen LogP contribution in [0.3, 0.4) is 0 Å². The van der Waals surface area contributed by atoms with Crippen LogP contribution in [-0.2, 0) is 13.6 Å². The molecule has 0 saturated heterocycles. The van der Waals surface area contributed by atoms with Crippen LogP contribution in [0.5, 0.6) is 0 Å². The van der Waals surface area contributed by atoms with Crippen molar-refractivity contribution in [2.24, 2.45) is 5.41 Å². The highest BCUT2D eigenvalue weighted by Crippen LogP contribution is 2.44. The van der Waals surface area contributed by atoms with Gasteiger partial charge < -0.3 is 4.89 Å². The van der Waals surface area contributed by atoms with Crippen molar-refractivity contribution in [2.45, 2.75) is 20.8 Å². The number of hydrogen-bond donors (Lipinski definition) is 1. The molecule has 0 fully saturated rings. The summed E-state index contributed by atoms with van der Waals surface area (Å²) in [4.78, 5) is 9.19. The molecule has 0 bridgehead atoms.